The molecule has 0 spiro atoms. The number of carbonyl (C=O) groups excluding carboxylic acids is 1. The van der Waals surface area contributed by atoms with Gasteiger partial charge in [-0.3, -0.25) is 4.79 Å². The van der Waals surface area contributed by atoms with Crippen molar-refractivity contribution in [3.05, 3.63) is 29.8 Å². The Morgan fingerprint density at radius 1 is 1.03 bits per heavy atom. The molecule has 0 bridgehead atoms. The van der Waals surface area contributed by atoms with Gasteiger partial charge in [0.1, 0.15) is 5.75 Å². The Balaban J connectivity index is 1.40. The molecule has 0 radical (unpaired) electrons. The zero-order chi connectivity index (χ0) is 24.0. The van der Waals surface area contributed by atoms with Crippen molar-refractivity contribution in [3.8, 4) is 5.75 Å². The van der Waals surface area contributed by atoms with Crippen molar-refractivity contribution in [2.24, 2.45) is 11.3 Å². The SMILES string of the molecule is COc1ccccc1C1CCN(C[C@@H](CC2CCCCC2)N(C)C(=O)C2(C)CCCCC2)CC1. The van der Waals surface area contributed by atoms with Crippen LogP contribution in [0.5, 0.6) is 5.75 Å². The smallest absolute Gasteiger partial charge is 0.228 e. The number of piperidine rings is 1. The molecule has 1 aliphatic heterocycles. The summed E-state index contributed by atoms with van der Waals surface area (Å²) >= 11 is 0. The first-order chi connectivity index (χ1) is 16.5. The predicted octanol–water partition coefficient (Wildman–Crippen LogP) is 6.64. The number of ether oxygens (including phenoxy) is 1. The van der Waals surface area contributed by atoms with Crippen LogP contribution in [0.2, 0.25) is 0 Å². The number of benzene rings is 1. The van der Waals surface area contributed by atoms with E-state index in [2.05, 4.69) is 48.0 Å². The van der Waals surface area contributed by atoms with Crippen LogP contribution in [0.25, 0.3) is 0 Å². The topological polar surface area (TPSA) is 32.8 Å². The molecule has 1 heterocycles. The van der Waals surface area contributed by atoms with Crippen molar-refractivity contribution in [2.45, 2.75) is 102 Å². The maximum atomic E-state index is 13.7. The average Bonchev–Trinajstić information content (AvgIpc) is 2.89. The number of amides is 1. The van der Waals surface area contributed by atoms with Crippen LogP contribution in [-0.4, -0.2) is 55.5 Å². The van der Waals surface area contributed by atoms with E-state index in [-0.39, 0.29) is 5.41 Å². The average molecular weight is 469 g/mol. The third kappa shape index (κ3) is 6.17. The molecule has 1 aromatic rings. The Morgan fingerprint density at radius 2 is 1.68 bits per heavy atom. The van der Waals surface area contributed by atoms with Crippen LogP contribution in [0.4, 0.5) is 0 Å². The van der Waals surface area contributed by atoms with Crippen molar-refractivity contribution in [1.29, 1.82) is 0 Å². The second kappa shape index (κ2) is 11.9. The summed E-state index contributed by atoms with van der Waals surface area (Å²) < 4.78 is 5.64. The fourth-order valence-corrected chi connectivity index (χ4v) is 7.03. The van der Waals surface area contributed by atoms with Crippen LogP contribution in [0.1, 0.15) is 102 Å². The zero-order valence-corrected chi connectivity index (χ0v) is 22.1. The summed E-state index contributed by atoms with van der Waals surface area (Å²) in [6, 6.07) is 8.87. The fourth-order valence-electron chi connectivity index (χ4n) is 7.03. The van der Waals surface area contributed by atoms with Crippen LogP contribution in [0.15, 0.2) is 24.3 Å². The zero-order valence-electron chi connectivity index (χ0n) is 22.1. The first-order valence-electron chi connectivity index (χ1n) is 14.1. The molecule has 0 N–H and O–H groups in total. The Kier molecular flexibility index (Phi) is 8.96. The molecule has 3 aliphatic rings. The van der Waals surface area contributed by atoms with E-state index >= 15 is 0 Å². The molecule has 1 atom stereocenters. The van der Waals surface area contributed by atoms with Crippen molar-refractivity contribution in [1.82, 2.24) is 9.80 Å². The van der Waals surface area contributed by atoms with Gasteiger partial charge in [-0.2, -0.15) is 0 Å². The third-order valence-corrected chi connectivity index (χ3v) is 9.31. The van der Waals surface area contributed by atoms with E-state index < -0.39 is 0 Å². The highest BCUT2D eigenvalue weighted by atomic mass is 16.5. The normalized spacial score (nSPS) is 23.4. The highest BCUT2D eigenvalue weighted by Gasteiger charge is 2.39. The summed E-state index contributed by atoms with van der Waals surface area (Å²) in [5, 5.41) is 0. The Bertz CT molecular complexity index is 774. The molecular weight excluding hydrogens is 420 g/mol. The number of carbonyl (C=O) groups is 1. The van der Waals surface area contributed by atoms with Gasteiger partial charge >= 0.3 is 0 Å². The summed E-state index contributed by atoms with van der Waals surface area (Å²) in [5.41, 5.74) is 1.22. The standard InChI is InChI=1S/C30H48N2O2/c1-30(18-10-5-11-19-30)29(33)31(2)26(22-24-12-6-4-7-13-24)23-32-20-16-25(17-21-32)27-14-8-9-15-28(27)34-3/h8-9,14-15,24-26H,4-7,10-13,16-23H2,1-3H3/t26-/m1/s1. The van der Waals surface area contributed by atoms with E-state index in [9.17, 15) is 4.79 Å². The number of methoxy groups -OCH3 is 1. The summed E-state index contributed by atoms with van der Waals surface area (Å²) in [4.78, 5) is 18.6. The van der Waals surface area contributed by atoms with E-state index in [0.717, 1.165) is 44.1 Å². The molecule has 0 unspecified atom stereocenters. The largest absolute Gasteiger partial charge is 0.496 e. The second-order valence-corrected chi connectivity index (χ2v) is 11.7. The second-order valence-electron chi connectivity index (χ2n) is 11.7. The molecule has 2 aliphatic carbocycles. The lowest BCUT2D eigenvalue weighted by molar-refractivity contribution is -0.144. The highest BCUT2D eigenvalue weighted by molar-refractivity contribution is 5.82. The van der Waals surface area contributed by atoms with Crippen LogP contribution >= 0.6 is 0 Å². The van der Waals surface area contributed by atoms with E-state index in [0.29, 0.717) is 17.9 Å². The quantitative estimate of drug-likeness (QED) is 0.428. The first kappa shape index (κ1) is 25.5. The van der Waals surface area contributed by atoms with Gasteiger partial charge in [-0.25, -0.2) is 0 Å². The van der Waals surface area contributed by atoms with Gasteiger partial charge in [-0.1, -0.05) is 76.5 Å². The molecule has 1 aromatic carbocycles. The molecule has 4 rings (SSSR count). The number of likely N-dealkylation sites (N-methyl/N-ethyl adjacent to an activating group) is 1. The van der Waals surface area contributed by atoms with Gasteiger partial charge in [0.15, 0.2) is 0 Å². The number of nitrogens with zero attached hydrogens (tertiary/aromatic N) is 2. The van der Waals surface area contributed by atoms with Crippen LogP contribution in [0.3, 0.4) is 0 Å². The molecule has 190 valence electrons. The number of para-hydroxylation sites is 1. The maximum absolute atomic E-state index is 13.7. The van der Waals surface area contributed by atoms with Gasteiger partial charge in [-0.05, 0) is 68.7 Å². The van der Waals surface area contributed by atoms with Gasteiger partial charge in [-0.15, -0.1) is 0 Å². The molecule has 0 aromatic heterocycles. The molecule has 1 amide bonds. The van der Waals surface area contributed by atoms with Gasteiger partial charge in [0, 0.05) is 25.0 Å². The molecule has 2 saturated carbocycles. The van der Waals surface area contributed by atoms with Gasteiger partial charge in [0.25, 0.3) is 0 Å². The van der Waals surface area contributed by atoms with Crippen LogP contribution in [-0.2, 0) is 4.79 Å². The minimum absolute atomic E-state index is 0.144. The number of rotatable bonds is 8. The highest BCUT2D eigenvalue weighted by Crippen LogP contribution is 2.39. The minimum Gasteiger partial charge on any atom is -0.496 e. The summed E-state index contributed by atoms with van der Waals surface area (Å²) in [7, 11) is 3.90. The van der Waals surface area contributed by atoms with Crippen LogP contribution < -0.4 is 4.74 Å². The number of hydrogen-bond donors (Lipinski definition) is 0. The lowest BCUT2D eigenvalue weighted by atomic mass is 9.74. The molecule has 4 nitrogen and oxygen atoms in total. The van der Waals surface area contributed by atoms with Crippen molar-refractivity contribution >= 4 is 5.91 Å². The Morgan fingerprint density at radius 3 is 2.35 bits per heavy atom. The first-order valence-corrected chi connectivity index (χ1v) is 14.1. The lowest BCUT2D eigenvalue weighted by Crippen LogP contribution is -2.51. The van der Waals surface area contributed by atoms with Crippen molar-refractivity contribution in [2.75, 3.05) is 33.8 Å². The summed E-state index contributed by atoms with van der Waals surface area (Å²) in [5.74, 6) is 2.81. The summed E-state index contributed by atoms with van der Waals surface area (Å²) in [6.45, 7) is 5.50. The monoisotopic (exact) mass is 468 g/mol. The van der Waals surface area contributed by atoms with Crippen molar-refractivity contribution < 1.29 is 9.53 Å². The molecule has 4 heteroatoms. The third-order valence-electron chi connectivity index (χ3n) is 9.31. The molecular formula is C30H48N2O2. The predicted molar refractivity (Wildman–Crippen MR) is 140 cm³/mol. The van der Waals surface area contributed by atoms with E-state index in [1.165, 1.54) is 76.2 Å². The lowest BCUT2D eigenvalue weighted by Gasteiger charge is -2.42. The van der Waals surface area contributed by atoms with E-state index in [4.69, 9.17) is 4.74 Å². The molecule has 1 saturated heterocycles. The van der Waals surface area contributed by atoms with Gasteiger partial charge < -0.3 is 14.5 Å². The Labute approximate surface area is 208 Å². The number of hydrogen-bond acceptors (Lipinski definition) is 3. The summed E-state index contributed by atoms with van der Waals surface area (Å²) in [6.07, 6.45) is 16.2. The minimum atomic E-state index is -0.144. The molecule has 3 fully saturated rings. The van der Waals surface area contributed by atoms with Gasteiger partial charge in [0.05, 0.1) is 7.11 Å². The fraction of sp³-hybridized carbons (Fsp3) is 0.767. The van der Waals surface area contributed by atoms with E-state index in [1.807, 2.05) is 0 Å². The van der Waals surface area contributed by atoms with Crippen molar-refractivity contribution in [3.63, 3.8) is 0 Å². The Hall–Kier alpha value is -1.55. The van der Waals surface area contributed by atoms with Crippen LogP contribution in [0, 0.1) is 11.3 Å². The maximum Gasteiger partial charge on any atom is 0.228 e. The molecule has 34 heavy (non-hydrogen) atoms. The number of likely N-dealkylation sites (tertiary alicyclic amines) is 1. The van der Waals surface area contributed by atoms with Gasteiger partial charge in [0.2, 0.25) is 5.91 Å². The van der Waals surface area contributed by atoms with E-state index in [1.54, 1.807) is 7.11 Å².